The fourth-order valence-corrected chi connectivity index (χ4v) is 1.95. The van der Waals surface area contributed by atoms with Crippen molar-refractivity contribution in [2.75, 3.05) is 5.73 Å². The van der Waals surface area contributed by atoms with Crippen molar-refractivity contribution in [2.45, 2.75) is 19.6 Å². The molecular formula is C10H12N4O3S. The molecule has 0 aromatic carbocycles. The maximum absolute atomic E-state index is 11.8. The highest BCUT2D eigenvalue weighted by Gasteiger charge is 2.17. The minimum absolute atomic E-state index is 0.142. The van der Waals surface area contributed by atoms with Crippen molar-refractivity contribution in [3.8, 4) is 0 Å². The second kappa shape index (κ2) is 5.15. The average molecular weight is 268 g/mol. The summed E-state index contributed by atoms with van der Waals surface area (Å²) >= 11 is 1.21. The Hall–Kier alpha value is -1.93. The van der Waals surface area contributed by atoms with E-state index in [2.05, 4.69) is 15.5 Å². The summed E-state index contributed by atoms with van der Waals surface area (Å²) in [5.41, 5.74) is 5.47. The maximum atomic E-state index is 11.8. The first kappa shape index (κ1) is 12.5. The van der Waals surface area contributed by atoms with Crippen molar-refractivity contribution in [1.82, 2.24) is 15.5 Å². The third-order valence-corrected chi connectivity index (χ3v) is 3.15. The minimum Gasteiger partial charge on any atom is -0.453 e. The highest BCUT2D eigenvalue weighted by molar-refractivity contribution is 7.15. The van der Waals surface area contributed by atoms with Gasteiger partial charge in [-0.25, -0.2) is 0 Å². The van der Waals surface area contributed by atoms with Crippen LogP contribution in [0.2, 0.25) is 0 Å². The van der Waals surface area contributed by atoms with Crippen LogP contribution in [0.5, 0.6) is 0 Å². The number of aliphatic hydroxyl groups is 1. The molecule has 1 atom stereocenters. The Morgan fingerprint density at radius 3 is 2.94 bits per heavy atom. The number of rotatable bonds is 4. The Bertz CT molecular complexity index is 551. The normalized spacial score (nSPS) is 12.3. The Labute approximate surface area is 107 Å². The minimum atomic E-state index is -0.379. The molecule has 0 saturated carbocycles. The molecule has 4 N–H and O–H groups in total. The van der Waals surface area contributed by atoms with Gasteiger partial charge < -0.3 is 20.6 Å². The van der Waals surface area contributed by atoms with Crippen LogP contribution >= 0.6 is 11.3 Å². The van der Waals surface area contributed by atoms with Crippen molar-refractivity contribution in [3.05, 3.63) is 28.7 Å². The first-order valence-electron chi connectivity index (χ1n) is 5.19. The monoisotopic (exact) mass is 268 g/mol. The lowest BCUT2D eigenvalue weighted by molar-refractivity contribution is 0.0907. The Kier molecular flexibility index (Phi) is 3.58. The molecule has 1 unspecified atom stereocenters. The smallest absolute Gasteiger partial charge is 0.287 e. The number of nitrogen functional groups attached to an aromatic ring is 1. The molecule has 2 aromatic rings. The van der Waals surface area contributed by atoms with Gasteiger partial charge in [0.25, 0.3) is 5.91 Å². The van der Waals surface area contributed by atoms with Gasteiger partial charge in [-0.1, -0.05) is 11.3 Å². The van der Waals surface area contributed by atoms with Crippen LogP contribution in [-0.4, -0.2) is 21.2 Å². The van der Waals surface area contributed by atoms with Gasteiger partial charge in [0.1, 0.15) is 17.4 Å². The largest absolute Gasteiger partial charge is 0.453 e. The van der Waals surface area contributed by atoms with Gasteiger partial charge in [0.15, 0.2) is 5.76 Å². The van der Waals surface area contributed by atoms with Gasteiger partial charge in [-0.05, 0) is 19.1 Å². The van der Waals surface area contributed by atoms with Crippen molar-refractivity contribution in [3.63, 3.8) is 0 Å². The predicted octanol–water partition coefficient (Wildman–Crippen LogP) is 0.697. The van der Waals surface area contributed by atoms with Crippen LogP contribution in [0.4, 0.5) is 5.13 Å². The molecule has 2 heterocycles. The number of nitrogens with zero attached hydrogens (tertiary/aromatic N) is 2. The summed E-state index contributed by atoms with van der Waals surface area (Å²) in [5, 5.41) is 20.0. The van der Waals surface area contributed by atoms with Crippen LogP contribution in [0.3, 0.4) is 0 Å². The van der Waals surface area contributed by atoms with E-state index in [1.54, 1.807) is 13.0 Å². The number of furan rings is 1. The molecule has 2 aromatic heterocycles. The van der Waals surface area contributed by atoms with E-state index in [0.717, 1.165) is 0 Å². The zero-order chi connectivity index (χ0) is 13.1. The van der Waals surface area contributed by atoms with Crippen LogP contribution in [-0.2, 0) is 6.61 Å². The summed E-state index contributed by atoms with van der Waals surface area (Å²) in [4.78, 5) is 11.8. The van der Waals surface area contributed by atoms with Gasteiger partial charge in [-0.15, -0.1) is 10.2 Å². The molecule has 8 heteroatoms. The van der Waals surface area contributed by atoms with Gasteiger partial charge in [0.2, 0.25) is 5.13 Å². The highest BCUT2D eigenvalue weighted by Crippen LogP contribution is 2.19. The first-order valence-corrected chi connectivity index (χ1v) is 6.01. The molecule has 0 aliphatic carbocycles. The van der Waals surface area contributed by atoms with Gasteiger partial charge in [-0.2, -0.15) is 0 Å². The molecule has 96 valence electrons. The van der Waals surface area contributed by atoms with Crippen molar-refractivity contribution in [1.29, 1.82) is 0 Å². The SMILES string of the molecule is CC(NC(=O)c1ccc(CO)o1)c1nnc(N)s1. The standard InChI is InChI=1S/C10H12N4O3S/c1-5(9-13-14-10(11)18-9)12-8(16)7-3-2-6(4-15)17-7/h2-3,5,15H,4H2,1H3,(H2,11,14)(H,12,16). The summed E-state index contributed by atoms with van der Waals surface area (Å²) < 4.78 is 5.12. The molecule has 2 rings (SSSR count). The molecule has 0 saturated heterocycles. The summed E-state index contributed by atoms with van der Waals surface area (Å²) in [6.07, 6.45) is 0. The molecule has 0 aliphatic heterocycles. The van der Waals surface area contributed by atoms with Crippen LogP contribution in [0.25, 0.3) is 0 Å². The van der Waals surface area contributed by atoms with Crippen molar-refractivity contribution in [2.24, 2.45) is 0 Å². The summed E-state index contributed by atoms with van der Waals surface area (Å²) in [5.74, 6) is 0.104. The number of hydrogen-bond acceptors (Lipinski definition) is 7. The van der Waals surface area contributed by atoms with Crippen LogP contribution in [0.1, 0.15) is 34.3 Å². The first-order chi connectivity index (χ1) is 8.60. The van der Waals surface area contributed by atoms with E-state index in [4.69, 9.17) is 15.3 Å². The number of aliphatic hydroxyl groups excluding tert-OH is 1. The maximum Gasteiger partial charge on any atom is 0.287 e. The third-order valence-electron chi connectivity index (χ3n) is 2.22. The number of hydrogen-bond donors (Lipinski definition) is 3. The lowest BCUT2D eigenvalue weighted by Gasteiger charge is -2.08. The number of carbonyl (C=O) groups is 1. The highest BCUT2D eigenvalue weighted by atomic mass is 32.1. The van der Waals surface area contributed by atoms with Gasteiger partial charge >= 0.3 is 0 Å². The number of nitrogens with two attached hydrogens (primary N) is 1. The molecule has 7 nitrogen and oxygen atoms in total. The number of aromatic nitrogens is 2. The molecule has 0 spiro atoms. The Morgan fingerprint density at radius 1 is 1.61 bits per heavy atom. The molecule has 0 bridgehead atoms. The zero-order valence-corrected chi connectivity index (χ0v) is 10.4. The number of amides is 1. The summed E-state index contributed by atoms with van der Waals surface area (Å²) in [6.45, 7) is 1.53. The second-order valence-corrected chi connectivity index (χ2v) is 4.64. The van der Waals surface area contributed by atoms with Gasteiger partial charge in [0, 0.05) is 0 Å². The Balaban J connectivity index is 2.02. The van der Waals surface area contributed by atoms with Gasteiger partial charge in [-0.3, -0.25) is 4.79 Å². The fourth-order valence-electron chi connectivity index (χ4n) is 1.34. The van der Waals surface area contributed by atoms with E-state index in [-0.39, 0.29) is 24.3 Å². The summed E-state index contributed by atoms with van der Waals surface area (Å²) in [6, 6.07) is 2.74. The second-order valence-electron chi connectivity index (χ2n) is 3.60. The number of nitrogens with one attached hydrogen (secondary N) is 1. The van der Waals surface area contributed by atoms with Crippen molar-refractivity contribution < 1.29 is 14.3 Å². The van der Waals surface area contributed by atoms with Gasteiger partial charge in [0.05, 0.1) is 6.04 Å². The predicted molar refractivity (Wildman–Crippen MR) is 64.8 cm³/mol. The number of anilines is 1. The van der Waals surface area contributed by atoms with E-state index in [1.807, 2.05) is 0 Å². The lowest BCUT2D eigenvalue weighted by Crippen LogP contribution is -2.26. The lowest BCUT2D eigenvalue weighted by atomic mass is 10.3. The average Bonchev–Trinajstić information content (AvgIpc) is 2.97. The van der Waals surface area contributed by atoms with Crippen LogP contribution < -0.4 is 11.1 Å². The number of carbonyl (C=O) groups excluding carboxylic acids is 1. The third kappa shape index (κ3) is 2.66. The molecule has 0 radical (unpaired) electrons. The van der Waals surface area contributed by atoms with E-state index < -0.39 is 0 Å². The Morgan fingerprint density at radius 2 is 2.39 bits per heavy atom. The molecule has 0 aliphatic rings. The van der Waals surface area contributed by atoms with Crippen LogP contribution in [0.15, 0.2) is 16.5 Å². The molecule has 0 fully saturated rings. The van der Waals surface area contributed by atoms with Crippen molar-refractivity contribution >= 4 is 22.4 Å². The van der Waals surface area contributed by atoms with E-state index in [9.17, 15) is 4.79 Å². The topological polar surface area (TPSA) is 114 Å². The summed E-state index contributed by atoms with van der Waals surface area (Å²) in [7, 11) is 0. The quantitative estimate of drug-likeness (QED) is 0.752. The zero-order valence-electron chi connectivity index (χ0n) is 9.58. The van der Waals surface area contributed by atoms with E-state index >= 15 is 0 Å². The molecular weight excluding hydrogens is 256 g/mol. The van der Waals surface area contributed by atoms with E-state index in [1.165, 1.54) is 17.4 Å². The molecule has 1 amide bonds. The molecule has 18 heavy (non-hydrogen) atoms. The van der Waals surface area contributed by atoms with Crippen LogP contribution in [0, 0.1) is 0 Å². The fraction of sp³-hybridized carbons (Fsp3) is 0.300. The van der Waals surface area contributed by atoms with E-state index in [0.29, 0.717) is 15.9 Å².